The van der Waals surface area contributed by atoms with Crippen LogP contribution in [-0.4, -0.2) is 37.7 Å². The van der Waals surface area contributed by atoms with Crippen LogP contribution >= 0.6 is 11.6 Å². The van der Waals surface area contributed by atoms with Gasteiger partial charge in [0.15, 0.2) is 6.54 Å². The van der Waals surface area contributed by atoms with Gasteiger partial charge in [-0.15, -0.1) is 0 Å². The number of hydrogen-bond donors (Lipinski definition) is 2. The van der Waals surface area contributed by atoms with E-state index in [0.717, 1.165) is 13.1 Å². The summed E-state index contributed by atoms with van der Waals surface area (Å²) >= 11 is 5.90. The zero-order valence-corrected chi connectivity index (χ0v) is 12.9. The summed E-state index contributed by atoms with van der Waals surface area (Å²) in [6, 6.07) is 6.87. The fourth-order valence-electron chi connectivity index (χ4n) is 2.67. The van der Waals surface area contributed by atoms with Crippen molar-refractivity contribution >= 4 is 23.2 Å². The van der Waals surface area contributed by atoms with E-state index in [2.05, 4.69) is 5.32 Å². The van der Waals surface area contributed by atoms with Crippen LogP contribution < -0.4 is 10.2 Å². The van der Waals surface area contributed by atoms with Crippen LogP contribution in [-0.2, 0) is 9.53 Å². The fourth-order valence-corrected chi connectivity index (χ4v) is 2.84. The molecule has 112 valence electrons. The van der Waals surface area contributed by atoms with Crippen LogP contribution in [0.1, 0.15) is 19.4 Å². The number of carbonyl (C=O) groups excluding carboxylic acids is 1. The number of nitriles is 1. The number of halogens is 1. The zero-order valence-electron chi connectivity index (χ0n) is 12.1. The van der Waals surface area contributed by atoms with E-state index < -0.39 is 0 Å². The third kappa shape index (κ3) is 4.43. The molecule has 2 atom stereocenters. The van der Waals surface area contributed by atoms with Crippen LogP contribution in [0.5, 0.6) is 0 Å². The number of carbonyl (C=O) groups is 1. The highest BCUT2D eigenvalue weighted by Gasteiger charge is 2.27. The van der Waals surface area contributed by atoms with Crippen LogP contribution in [0.3, 0.4) is 0 Å². The van der Waals surface area contributed by atoms with Gasteiger partial charge in [-0.05, 0) is 32.0 Å². The Morgan fingerprint density at radius 1 is 1.48 bits per heavy atom. The second kappa shape index (κ2) is 6.90. The molecule has 0 spiro atoms. The number of benzene rings is 1. The molecule has 0 bridgehead atoms. The van der Waals surface area contributed by atoms with Gasteiger partial charge in [-0.3, -0.25) is 4.79 Å². The van der Waals surface area contributed by atoms with Crippen molar-refractivity contribution in [3.05, 3.63) is 28.8 Å². The minimum absolute atomic E-state index is 0.120. The summed E-state index contributed by atoms with van der Waals surface area (Å²) in [4.78, 5) is 13.3. The minimum Gasteiger partial charge on any atom is -0.364 e. The summed E-state index contributed by atoms with van der Waals surface area (Å²) in [5, 5.41) is 12.3. The molecule has 21 heavy (non-hydrogen) atoms. The van der Waals surface area contributed by atoms with Crippen LogP contribution in [0.2, 0.25) is 5.02 Å². The van der Waals surface area contributed by atoms with Crippen molar-refractivity contribution in [1.82, 2.24) is 0 Å². The molecule has 0 radical (unpaired) electrons. The smallest absolute Gasteiger partial charge is 0.279 e. The number of nitrogens with one attached hydrogen (secondary N) is 2. The van der Waals surface area contributed by atoms with Crippen molar-refractivity contribution in [3.8, 4) is 6.07 Å². The Morgan fingerprint density at radius 2 is 2.14 bits per heavy atom. The summed E-state index contributed by atoms with van der Waals surface area (Å²) in [6.45, 7) is 5.99. The Balaban J connectivity index is 1.99. The maximum absolute atomic E-state index is 12.1. The summed E-state index contributed by atoms with van der Waals surface area (Å²) in [5.41, 5.74) is 0.871. The molecule has 1 amide bonds. The third-order valence-electron chi connectivity index (χ3n) is 3.40. The second-order valence-electron chi connectivity index (χ2n) is 5.44. The molecule has 2 N–H and O–H groups in total. The van der Waals surface area contributed by atoms with E-state index in [4.69, 9.17) is 21.6 Å². The summed E-state index contributed by atoms with van der Waals surface area (Å²) in [7, 11) is 0. The normalized spacial score (nSPS) is 25.1. The Labute approximate surface area is 129 Å². The Kier molecular flexibility index (Phi) is 5.18. The van der Waals surface area contributed by atoms with E-state index >= 15 is 0 Å². The van der Waals surface area contributed by atoms with Gasteiger partial charge in [0.05, 0.1) is 11.3 Å². The van der Waals surface area contributed by atoms with Crippen LogP contribution in [0, 0.1) is 11.3 Å². The van der Waals surface area contributed by atoms with Gasteiger partial charge in [0.1, 0.15) is 31.4 Å². The van der Waals surface area contributed by atoms with Gasteiger partial charge in [0.25, 0.3) is 5.91 Å². The number of ether oxygens (including phenoxy) is 1. The first-order valence-corrected chi connectivity index (χ1v) is 7.34. The molecule has 6 heteroatoms. The SMILES string of the molecule is C[C@@H]1C[NH+](CC(=O)Nc2cc(Cl)ccc2C#N)C[C@@H](C)O1. The van der Waals surface area contributed by atoms with Crippen molar-refractivity contribution in [1.29, 1.82) is 5.26 Å². The first kappa shape index (κ1) is 15.8. The molecule has 0 aliphatic carbocycles. The number of quaternary nitrogens is 1. The maximum atomic E-state index is 12.1. The molecule has 1 heterocycles. The first-order chi connectivity index (χ1) is 9.97. The highest BCUT2D eigenvalue weighted by molar-refractivity contribution is 6.31. The molecule has 0 unspecified atom stereocenters. The Bertz CT molecular complexity index is 561. The minimum atomic E-state index is -0.120. The van der Waals surface area contributed by atoms with E-state index in [9.17, 15) is 4.79 Å². The van der Waals surface area contributed by atoms with Crippen LogP contribution in [0.4, 0.5) is 5.69 Å². The summed E-state index contributed by atoms with van der Waals surface area (Å²) in [6.07, 6.45) is 0.301. The van der Waals surface area contributed by atoms with Crippen molar-refractivity contribution in [2.24, 2.45) is 0 Å². The van der Waals surface area contributed by atoms with Gasteiger partial charge in [0, 0.05) is 5.02 Å². The maximum Gasteiger partial charge on any atom is 0.279 e. The summed E-state index contributed by atoms with van der Waals surface area (Å²) < 4.78 is 5.66. The van der Waals surface area contributed by atoms with Crippen molar-refractivity contribution < 1.29 is 14.4 Å². The van der Waals surface area contributed by atoms with Crippen molar-refractivity contribution in [3.63, 3.8) is 0 Å². The lowest BCUT2D eigenvalue weighted by atomic mass is 10.2. The monoisotopic (exact) mass is 308 g/mol. The molecule has 1 aliphatic rings. The molecule has 1 fully saturated rings. The number of morpholine rings is 1. The highest BCUT2D eigenvalue weighted by Crippen LogP contribution is 2.20. The number of amides is 1. The molecule has 0 aromatic heterocycles. The number of hydrogen-bond acceptors (Lipinski definition) is 3. The van der Waals surface area contributed by atoms with E-state index in [-0.39, 0.29) is 18.1 Å². The fraction of sp³-hybridized carbons (Fsp3) is 0.467. The summed E-state index contributed by atoms with van der Waals surface area (Å²) in [5.74, 6) is -0.120. The molecule has 1 aromatic carbocycles. The molecular weight excluding hydrogens is 290 g/mol. The number of rotatable bonds is 3. The average molecular weight is 309 g/mol. The predicted octanol–water partition coefficient (Wildman–Crippen LogP) is 0.842. The molecule has 0 saturated carbocycles. The average Bonchev–Trinajstić information content (AvgIpc) is 2.37. The topological polar surface area (TPSA) is 66.6 Å². The van der Waals surface area contributed by atoms with Crippen molar-refractivity contribution in [2.75, 3.05) is 25.0 Å². The molecule has 2 rings (SSSR count). The molecule has 1 aliphatic heterocycles. The highest BCUT2D eigenvalue weighted by atomic mass is 35.5. The van der Waals surface area contributed by atoms with Gasteiger partial charge >= 0.3 is 0 Å². The van der Waals surface area contributed by atoms with E-state index in [1.54, 1.807) is 18.2 Å². The van der Waals surface area contributed by atoms with Gasteiger partial charge in [0.2, 0.25) is 0 Å². The van der Waals surface area contributed by atoms with Gasteiger partial charge < -0.3 is 15.0 Å². The van der Waals surface area contributed by atoms with E-state index in [1.165, 1.54) is 4.90 Å². The quantitative estimate of drug-likeness (QED) is 0.870. The van der Waals surface area contributed by atoms with Crippen LogP contribution in [0.15, 0.2) is 18.2 Å². The number of nitrogens with zero attached hydrogens (tertiary/aromatic N) is 1. The molecule has 1 aromatic rings. The molecule has 1 saturated heterocycles. The van der Waals surface area contributed by atoms with Gasteiger partial charge in [-0.25, -0.2) is 0 Å². The number of anilines is 1. The van der Waals surface area contributed by atoms with Crippen LogP contribution in [0.25, 0.3) is 0 Å². The first-order valence-electron chi connectivity index (χ1n) is 6.96. The third-order valence-corrected chi connectivity index (χ3v) is 3.64. The predicted molar refractivity (Wildman–Crippen MR) is 80.4 cm³/mol. The molecular formula is C15H19ClN3O2+. The van der Waals surface area contributed by atoms with Gasteiger partial charge in [-0.2, -0.15) is 5.26 Å². The lowest BCUT2D eigenvalue weighted by Crippen LogP contribution is -3.16. The largest absolute Gasteiger partial charge is 0.364 e. The molecule has 5 nitrogen and oxygen atoms in total. The Hall–Kier alpha value is -1.61. The lowest BCUT2D eigenvalue weighted by molar-refractivity contribution is -0.907. The standard InChI is InChI=1S/C15H18ClN3O2/c1-10-7-19(8-11(2)21-10)9-15(20)18-14-5-13(16)4-3-12(14)6-17/h3-5,10-11H,7-9H2,1-2H3,(H,18,20)/p+1/t10-,11-/m1/s1. The lowest BCUT2D eigenvalue weighted by Gasteiger charge is -2.31. The Morgan fingerprint density at radius 3 is 2.76 bits per heavy atom. The second-order valence-corrected chi connectivity index (χ2v) is 5.88. The van der Waals surface area contributed by atoms with E-state index in [0.29, 0.717) is 22.8 Å². The van der Waals surface area contributed by atoms with Crippen molar-refractivity contribution in [2.45, 2.75) is 26.1 Å². The van der Waals surface area contributed by atoms with Gasteiger partial charge in [-0.1, -0.05) is 11.6 Å². The van der Waals surface area contributed by atoms with E-state index in [1.807, 2.05) is 19.9 Å². The zero-order chi connectivity index (χ0) is 15.4.